The lowest BCUT2D eigenvalue weighted by atomic mass is 9.90. The Morgan fingerprint density at radius 3 is 2.80 bits per heavy atom. The Bertz CT molecular complexity index is 1780. The van der Waals surface area contributed by atoms with E-state index in [0.717, 1.165) is 44.6 Å². The van der Waals surface area contributed by atoms with Crippen LogP contribution < -0.4 is 11.1 Å². The highest BCUT2D eigenvalue weighted by Gasteiger charge is 2.26. The lowest BCUT2D eigenvalue weighted by Gasteiger charge is -2.19. The molecule has 0 aliphatic heterocycles. The second-order valence-electron chi connectivity index (χ2n) is 11.3. The summed E-state index contributed by atoms with van der Waals surface area (Å²) in [5.74, 6) is 0.847. The number of imidazole rings is 1. The van der Waals surface area contributed by atoms with Gasteiger partial charge >= 0.3 is 0 Å². The Morgan fingerprint density at radius 2 is 2.02 bits per heavy atom. The Balaban J connectivity index is 1.35. The summed E-state index contributed by atoms with van der Waals surface area (Å²) in [5, 5.41) is 11.5. The molecule has 2 aliphatic carbocycles. The Hall–Kier alpha value is -4.79. The largest absolute Gasteiger partial charge is 0.402 e. The van der Waals surface area contributed by atoms with E-state index in [1.165, 1.54) is 0 Å². The fraction of sp³-hybridized carbons (Fsp3) is 0.250. The number of allylic oxidation sites excluding steroid dienone is 8. The first-order chi connectivity index (χ1) is 19.6. The number of hydrogen-bond donors (Lipinski definition) is 4. The number of carbonyl (C=O) groups is 1. The topological polar surface area (TPSA) is 125 Å². The molecule has 5 N–H and O–H groups in total. The molecule has 6 rings (SSSR count). The van der Waals surface area contributed by atoms with Crippen LogP contribution in [-0.4, -0.2) is 36.7 Å². The summed E-state index contributed by atoms with van der Waals surface area (Å²) < 4.78 is 14.4. The SMILES string of the molecule is CC(C)CC(=O)Nc1cncc(-c2ccc3[nH]nc(-c4nc5c([nH]4)CC(N)=CC=C5C4=CCC(C)(F)C=C4)c3c2)c1. The number of rotatable bonds is 6. The number of H-pyrrole nitrogens is 2. The molecule has 1 atom stereocenters. The molecule has 1 amide bonds. The molecular formula is C32H32FN7O. The third-order valence-electron chi connectivity index (χ3n) is 7.26. The first-order valence-corrected chi connectivity index (χ1v) is 13.7. The number of amides is 1. The molecule has 3 heterocycles. The summed E-state index contributed by atoms with van der Waals surface area (Å²) in [5.41, 5.74) is 13.1. The van der Waals surface area contributed by atoms with E-state index in [-0.39, 0.29) is 11.8 Å². The maximum atomic E-state index is 14.4. The van der Waals surface area contributed by atoms with Gasteiger partial charge in [-0.25, -0.2) is 9.37 Å². The summed E-state index contributed by atoms with van der Waals surface area (Å²) in [4.78, 5) is 25.1. The highest BCUT2D eigenvalue weighted by atomic mass is 19.1. The summed E-state index contributed by atoms with van der Waals surface area (Å²) >= 11 is 0. The predicted octanol–water partition coefficient (Wildman–Crippen LogP) is 6.40. The first-order valence-electron chi connectivity index (χ1n) is 13.7. The molecule has 0 bridgehead atoms. The van der Waals surface area contributed by atoms with Crippen molar-refractivity contribution in [1.29, 1.82) is 0 Å². The number of nitrogens with one attached hydrogen (secondary N) is 3. The van der Waals surface area contributed by atoms with E-state index in [1.54, 1.807) is 25.4 Å². The number of nitrogens with zero attached hydrogens (tertiary/aromatic N) is 3. The number of hydrogen-bond acceptors (Lipinski definition) is 5. The van der Waals surface area contributed by atoms with E-state index in [9.17, 15) is 9.18 Å². The van der Waals surface area contributed by atoms with Crippen molar-refractivity contribution in [1.82, 2.24) is 25.1 Å². The number of aromatic amines is 2. The summed E-state index contributed by atoms with van der Waals surface area (Å²) in [6, 6.07) is 7.92. The van der Waals surface area contributed by atoms with E-state index < -0.39 is 5.67 Å². The van der Waals surface area contributed by atoms with Crippen LogP contribution in [0.5, 0.6) is 0 Å². The maximum Gasteiger partial charge on any atom is 0.224 e. The summed E-state index contributed by atoms with van der Waals surface area (Å²) in [6.07, 6.45) is 13.8. The predicted molar refractivity (Wildman–Crippen MR) is 160 cm³/mol. The number of alkyl halides is 1. The number of fused-ring (bicyclic) bond motifs is 2. The van der Waals surface area contributed by atoms with E-state index in [2.05, 4.69) is 25.5 Å². The van der Waals surface area contributed by atoms with Gasteiger partial charge in [0, 0.05) is 53.4 Å². The van der Waals surface area contributed by atoms with Crippen molar-refractivity contribution in [3.8, 4) is 22.6 Å². The van der Waals surface area contributed by atoms with Crippen molar-refractivity contribution in [2.45, 2.75) is 45.7 Å². The van der Waals surface area contributed by atoms with Gasteiger partial charge in [-0.3, -0.25) is 14.9 Å². The normalized spacial score (nSPS) is 18.5. The van der Waals surface area contributed by atoms with Crippen molar-refractivity contribution in [3.05, 3.63) is 89.7 Å². The molecule has 0 saturated carbocycles. The monoisotopic (exact) mass is 549 g/mol. The van der Waals surface area contributed by atoms with Crippen molar-refractivity contribution >= 4 is 28.1 Å². The molecule has 0 fully saturated rings. The molecule has 3 aromatic heterocycles. The van der Waals surface area contributed by atoms with Crippen molar-refractivity contribution in [2.24, 2.45) is 11.7 Å². The number of halogens is 1. The van der Waals surface area contributed by atoms with Crippen LogP contribution in [-0.2, 0) is 11.2 Å². The fourth-order valence-corrected chi connectivity index (χ4v) is 5.17. The molecule has 9 heteroatoms. The van der Waals surface area contributed by atoms with Gasteiger partial charge in [-0.15, -0.1) is 0 Å². The Labute approximate surface area is 237 Å². The summed E-state index contributed by atoms with van der Waals surface area (Å²) in [6.45, 7) is 5.59. The highest BCUT2D eigenvalue weighted by molar-refractivity contribution is 5.96. The van der Waals surface area contributed by atoms with Crippen LogP contribution in [0, 0.1) is 5.92 Å². The molecule has 2 aliphatic rings. The van der Waals surface area contributed by atoms with Crippen LogP contribution in [0.2, 0.25) is 0 Å². The van der Waals surface area contributed by atoms with Gasteiger partial charge in [-0.1, -0.05) is 38.1 Å². The number of benzene rings is 1. The van der Waals surface area contributed by atoms with E-state index in [0.29, 0.717) is 42.2 Å². The Kier molecular flexibility index (Phi) is 6.65. The zero-order chi connectivity index (χ0) is 28.7. The number of aromatic nitrogens is 5. The lowest BCUT2D eigenvalue weighted by molar-refractivity contribution is -0.116. The molecule has 208 valence electrons. The molecule has 41 heavy (non-hydrogen) atoms. The average Bonchev–Trinajstić information content (AvgIpc) is 3.49. The second-order valence-corrected chi connectivity index (χ2v) is 11.3. The van der Waals surface area contributed by atoms with Gasteiger partial charge in [0.1, 0.15) is 11.4 Å². The smallest absolute Gasteiger partial charge is 0.224 e. The van der Waals surface area contributed by atoms with Gasteiger partial charge in [0.05, 0.1) is 23.1 Å². The van der Waals surface area contributed by atoms with Gasteiger partial charge in [-0.05, 0) is 54.3 Å². The number of anilines is 1. The third kappa shape index (κ3) is 5.48. The molecule has 0 saturated heterocycles. The molecule has 1 unspecified atom stereocenters. The van der Waals surface area contributed by atoms with Crippen LogP contribution in [0.25, 0.3) is 39.1 Å². The Morgan fingerprint density at radius 1 is 1.17 bits per heavy atom. The minimum absolute atomic E-state index is 0.0359. The maximum absolute atomic E-state index is 14.4. The van der Waals surface area contributed by atoms with Gasteiger partial charge in [-0.2, -0.15) is 5.10 Å². The minimum atomic E-state index is -1.36. The average molecular weight is 550 g/mol. The molecule has 1 aromatic carbocycles. The quantitative estimate of drug-likeness (QED) is 0.222. The molecular weight excluding hydrogens is 517 g/mol. The molecule has 0 radical (unpaired) electrons. The minimum Gasteiger partial charge on any atom is -0.402 e. The third-order valence-corrected chi connectivity index (χ3v) is 7.26. The van der Waals surface area contributed by atoms with Crippen LogP contribution in [0.4, 0.5) is 10.1 Å². The van der Waals surface area contributed by atoms with Gasteiger partial charge < -0.3 is 16.0 Å². The highest BCUT2D eigenvalue weighted by Crippen LogP contribution is 2.37. The number of nitrogens with two attached hydrogens (primary N) is 1. The number of pyridine rings is 1. The van der Waals surface area contributed by atoms with Gasteiger partial charge in [0.25, 0.3) is 0 Å². The van der Waals surface area contributed by atoms with Crippen LogP contribution in [0.1, 0.15) is 45.0 Å². The van der Waals surface area contributed by atoms with Crippen LogP contribution in [0.15, 0.2) is 78.3 Å². The molecule has 4 aromatic rings. The fourth-order valence-electron chi connectivity index (χ4n) is 5.17. The number of carbonyl (C=O) groups excluding carboxylic acids is 1. The standard InChI is InChI=1S/C32H32FN7O/c1-18(2)12-28(41)36-23-13-21(16-35-17-23)20-4-7-26-25(14-20)30(40-39-26)31-37-27-15-22(34)5-6-24(29(27)38-31)19-8-10-32(3,33)11-9-19/h4-10,13-14,16-18H,11-12,15,34H2,1-3H3,(H,36,41)(H,37,38)(H,39,40). The van der Waals surface area contributed by atoms with Crippen molar-refractivity contribution in [2.75, 3.05) is 5.32 Å². The van der Waals surface area contributed by atoms with Crippen LogP contribution in [0.3, 0.4) is 0 Å². The van der Waals surface area contributed by atoms with Gasteiger partial charge in [0.2, 0.25) is 5.91 Å². The second kappa shape index (κ2) is 10.3. The van der Waals surface area contributed by atoms with Crippen molar-refractivity contribution < 1.29 is 9.18 Å². The van der Waals surface area contributed by atoms with E-state index in [4.69, 9.17) is 10.7 Å². The van der Waals surface area contributed by atoms with E-state index >= 15 is 0 Å². The van der Waals surface area contributed by atoms with Gasteiger partial charge in [0.15, 0.2) is 5.82 Å². The van der Waals surface area contributed by atoms with Crippen LogP contribution >= 0.6 is 0 Å². The van der Waals surface area contributed by atoms with E-state index in [1.807, 2.05) is 62.4 Å². The van der Waals surface area contributed by atoms with Crippen molar-refractivity contribution in [3.63, 3.8) is 0 Å². The first kappa shape index (κ1) is 26.4. The zero-order valence-electron chi connectivity index (χ0n) is 23.3. The summed E-state index contributed by atoms with van der Waals surface area (Å²) in [7, 11) is 0. The molecule has 0 spiro atoms. The lowest BCUT2D eigenvalue weighted by Crippen LogP contribution is -2.15. The molecule has 8 nitrogen and oxygen atoms in total. The zero-order valence-corrected chi connectivity index (χ0v) is 23.3.